The smallest absolute Gasteiger partial charge is 0.271 e. The number of aromatic nitrogens is 2. The standard InChI is InChI=1S/C13H19N3O3/c1-2-7-16-12(17)6-5-11(15-16)13(18)14-9-10-4-3-8-19-10/h5-6,10H,2-4,7-9H2,1H3,(H,14,18)/t10-/m0/s1. The molecular weight excluding hydrogens is 246 g/mol. The fourth-order valence-electron chi connectivity index (χ4n) is 2.04. The first-order chi connectivity index (χ1) is 9.20. The number of hydrogen-bond donors (Lipinski definition) is 1. The zero-order valence-corrected chi connectivity index (χ0v) is 11.1. The summed E-state index contributed by atoms with van der Waals surface area (Å²) in [4.78, 5) is 23.4. The van der Waals surface area contributed by atoms with E-state index in [9.17, 15) is 9.59 Å². The van der Waals surface area contributed by atoms with Gasteiger partial charge in [-0.05, 0) is 25.3 Å². The molecule has 1 aliphatic heterocycles. The van der Waals surface area contributed by atoms with Crippen LogP contribution in [0.3, 0.4) is 0 Å². The van der Waals surface area contributed by atoms with E-state index >= 15 is 0 Å². The second-order valence-electron chi connectivity index (χ2n) is 4.63. The Hall–Kier alpha value is -1.69. The molecule has 1 saturated heterocycles. The minimum absolute atomic E-state index is 0.102. The van der Waals surface area contributed by atoms with Gasteiger partial charge in [0.05, 0.1) is 6.10 Å². The van der Waals surface area contributed by atoms with Gasteiger partial charge in [0.1, 0.15) is 5.69 Å². The zero-order valence-electron chi connectivity index (χ0n) is 11.1. The van der Waals surface area contributed by atoms with Gasteiger partial charge in [0.2, 0.25) is 0 Å². The highest BCUT2D eigenvalue weighted by Gasteiger charge is 2.17. The Morgan fingerprint density at radius 1 is 1.58 bits per heavy atom. The minimum atomic E-state index is -0.264. The summed E-state index contributed by atoms with van der Waals surface area (Å²) < 4.78 is 6.75. The number of carbonyl (C=O) groups excluding carboxylic acids is 1. The maximum Gasteiger partial charge on any atom is 0.271 e. The summed E-state index contributed by atoms with van der Waals surface area (Å²) in [6, 6.07) is 2.84. The molecule has 104 valence electrons. The summed E-state index contributed by atoms with van der Waals surface area (Å²) >= 11 is 0. The molecule has 1 aromatic heterocycles. The number of hydrogen-bond acceptors (Lipinski definition) is 4. The Labute approximate surface area is 111 Å². The maximum absolute atomic E-state index is 11.9. The normalized spacial score (nSPS) is 18.5. The monoisotopic (exact) mass is 265 g/mol. The first-order valence-electron chi connectivity index (χ1n) is 6.68. The van der Waals surface area contributed by atoms with Crippen molar-refractivity contribution in [2.24, 2.45) is 0 Å². The lowest BCUT2D eigenvalue weighted by atomic mass is 10.2. The summed E-state index contributed by atoms with van der Waals surface area (Å²) in [6.45, 7) is 3.73. The van der Waals surface area contributed by atoms with Crippen LogP contribution in [0.15, 0.2) is 16.9 Å². The molecule has 0 aromatic carbocycles. The van der Waals surface area contributed by atoms with Crippen molar-refractivity contribution in [2.75, 3.05) is 13.2 Å². The number of ether oxygens (including phenoxy) is 1. The van der Waals surface area contributed by atoms with Crippen molar-refractivity contribution in [3.8, 4) is 0 Å². The van der Waals surface area contributed by atoms with E-state index in [-0.39, 0.29) is 23.3 Å². The zero-order chi connectivity index (χ0) is 13.7. The Bertz CT molecular complexity index is 492. The number of nitrogens with zero attached hydrogens (tertiary/aromatic N) is 2. The molecule has 1 aromatic rings. The number of carbonyl (C=O) groups is 1. The molecule has 0 aliphatic carbocycles. The van der Waals surface area contributed by atoms with Crippen LogP contribution in [0.2, 0.25) is 0 Å². The van der Waals surface area contributed by atoms with Gasteiger partial charge in [-0.3, -0.25) is 9.59 Å². The van der Waals surface area contributed by atoms with Crippen LogP contribution in [0, 0.1) is 0 Å². The molecule has 1 aliphatic rings. The summed E-state index contributed by atoms with van der Waals surface area (Å²) in [6.07, 6.45) is 2.92. The first-order valence-corrected chi connectivity index (χ1v) is 6.68. The number of amides is 1. The Kier molecular flexibility index (Phi) is 4.68. The number of rotatable bonds is 5. The van der Waals surface area contributed by atoms with Crippen LogP contribution in [-0.4, -0.2) is 34.9 Å². The molecule has 1 amide bonds. The average molecular weight is 265 g/mol. The van der Waals surface area contributed by atoms with Crippen LogP contribution in [0.1, 0.15) is 36.7 Å². The van der Waals surface area contributed by atoms with Gasteiger partial charge in [0, 0.05) is 25.8 Å². The van der Waals surface area contributed by atoms with E-state index in [4.69, 9.17) is 4.74 Å². The third-order valence-electron chi connectivity index (χ3n) is 3.05. The van der Waals surface area contributed by atoms with E-state index in [1.807, 2.05) is 6.92 Å². The molecule has 0 spiro atoms. The minimum Gasteiger partial charge on any atom is -0.376 e. The predicted molar refractivity (Wildman–Crippen MR) is 70.1 cm³/mol. The fourth-order valence-corrected chi connectivity index (χ4v) is 2.04. The Morgan fingerprint density at radius 3 is 3.11 bits per heavy atom. The van der Waals surface area contributed by atoms with Crippen LogP contribution in [-0.2, 0) is 11.3 Å². The third-order valence-corrected chi connectivity index (χ3v) is 3.05. The van der Waals surface area contributed by atoms with Gasteiger partial charge in [-0.25, -0.2) is 4.68 Å². The lowest BCUT2D eigenvalue weighted by molar-refractivity contribution is 0.0851. The summed E-state index contributed by atoms with van der Waals surface area (Å²) in [5.41, 5.74) is 0.0866. The third kappa shape index (κ3) is 3.64. The van der Waals surface area contributed by atoms with Crippen LogP contribution in [0.25, 0.3) is 0 Å². The highest BCUT2D eigenvalue weighted by atomic mass is 16.5. The second kappa shape index (κ2) is 6.47. The van der Waals surface area contributed by atoms with Gasteiger partial charge in [-0.1, -0.05) is 6.92 Å². The number of aryl methyl sites for hydroxylation is 1. The van der Waals surface area contributed by atoms with E-state index in [0.717, 1.165) is 25.9 Å². The van der Waals surface area contributed by atoms with Gasteiger partial charge >= 0.3 is 0 Å². The molecule has 1 fully saturated rings. The topological polar surface area (TPSA) is 73.2 Å². The van der Waals surface area contributed by atoms with Gasteiger partial charge in [-0.15, -0.1) is 0 Å². The van der Waals surface area contributed by atoms with Crippen LogP contribution in [0.5, 0.6) is 0 Å². The highest BCUT2D eigenvalue weighted by Crippen LogP contribution is 2.10. The van der Waals surface area contributed by atoms with Gasteiger partial charge in [0.15, 0.2) is 0 Å². The van der Waals surface area contributed by atoms with E-state index in [2.05, 4.69) is 10.4 Å². The van der Waals surface area contributed by atoms with E-state index in [1.54, 1.807) is 0 Å². The van der Waals surface area contributed by atoms with Crippen molar-refractivity contribution in [1.82, 2.24) is 15.1 Å². The van der Waals surface area contributed by atoms with Crippen LogP contribution < -0.4 is 10.9 Å². The molecule has 0 unspecified atom stereocenters. The summed E-state index contributed by atoms with van der Waals surface area (Å²) in [5, 5.41) is 6.85. The first kappa shape index (κ1) is 13.7. The van der Waals surface area contributed by atoms with Crippen LogP contribution >= 0.6 is 0 Å². The van der Waals surface area contributed by atoms with Crippen molar-refractivity contribution in [2.45, 2.75) is 38.8 Å². The maximum atomic E-state index is 11.9. The molecule has 2 heterocycles. The molecule has 2 rings (SSSR count). The summed E-state index contributed by atoms with van der Waals surface area (Å²) in [5.74, 6) is -0.264. The quantitative estimate of drug-likeness (QED) is 0.844. The van der Waals surface area contributed by atoms with Crippen molar-refractivity contribution in [3.63, 3.8) is 0 Å². The molecule has 0 bridgehead atoms. The molecule has 0 radical (unpaired) electrons. The molecule has 6 heteroatoms. The van der Waals surface area contributed by atoms with E-state index < -0.39 is 0 Å². The largest absolute Gasteiger partial charge is 0.376 e. The van der Waals surface area contributed by atoms with Gasteiger partial charge in [0.25, 0.3) is 11.5 Å². The summed E-state index contributed by atoms with van der Waals surface area (Å²) in [7, 11) is 0. The number of nitrogens with one attached hydrogen (secondary N) is 1. The average Bonchev–Trinajstić information content (AvgIpc) is 2.92. The van der Waals surface area contributed by atoms with Gasteiger partial charge in [-0.2, -0.15) is 5.10 Å². The van der Waals surface area contributed by atoms with Crippen molar-refractivity contribution in [1.29, 1.82) is 0 Å². The van der Waals surface area contributed by atoms with Crippen molar-refractivity contribution < 1.29 is 9.53 Å². The van der Waals surface area contributed by atoms with Crippen molar-refractivity contribution >= 4 is 5.91 Å². The molecule has 6 nitrogen and oxygen atoms in total. The SMILES string of the molecule is CCCn1nc(C(=O)NC[C@@H]2CCCO2)ccc1=O. The van der Waals surface area contributed by atoms with Crippen molar-refractivity contribution in [3.05, 3.63) is 28.2 Å². The van der Waals surface area contributed by atoms with Crippen LogP contribution in [0.4, 0.5) is 0 Å². The lowest BCUT2D eigenvalue weighted by Gasteiger charge is -2.11. The van der Waals surface area contributed by atoms with E-state index in [1.165, 1.54) is 16.8 Å². The second-order valence-corrected chi connectivity index (χ2v) is 4.63. The molecule has 1 atom stereocenters. The van der Waals surface area contributed by atoms with E-state index in [0.29, 0.717) is 13.1 Å². The molecule has 0 saturated carbocycles. The highest BCUT2D eigenvalue weighted by molar-refractivity contribution is 5.91. The molecular formula is C13H19N3O3. The fraction of sp³-hybridized carbons (Fsp3) is 0.615. The molecule has 19 heavy (non-hydrogen) atoms. The Balaban J connectivity index is 1.97. The Morgan fingerprint density at radius 2 is 2.42 bits per heavy atom. The predicted octanol–water partition coefficient (Wildman–Crippen LogP) is 0.562. The lowest BCUT2D eigenvalue weighted by Crippen LogP contribution is -2.34. The van der Waals surface area contributed by atoms with Gasteiger partial charge < -0.3 is 10.1 Å². The molecule has 1 N–H and O–H groups in total.